The van der Waals surface area contributed by atoms with Crippen molar-refractivity contribution in [2.75, 3.05) is 39.9 Å². The SMILES string of the molecule is COCCNCCCNCCc1cccc(C)c1. The summed E-state index contributed by atoms with van der Waals surface area (Å²) in [6.07, 6.45) is 2.27. The molecule has 0 aliphatic carbocycles. The van der Waals surface area contributed by atoms with Crippen LogP contribution in [-0.4, -0.2) is 39.9 Å². The molecule has 0 saturated carbocycles. The lowest BCUT2D eigenvalue weighted by molar-refractivity contribution is 0.199. The zero-order valence-corrected chi connectivity index (χ0v) is 11.7. The van der Waals surface area contributed by atoms with Gasteiger partial charge in [0.2, 0.25) is 0 Å². The Hall–Kier alpha value is -0.900. The number of hydrogen-bond acceptors (Lipinski definition) is 3. The van der Waals surface area contributed by atoms with Crippen LogP contribution in [0.25, 0.3) is 0 Å². The van der Waals surface area contributed by atoms with Crippen molar-refractivity contribution in [3.8, 4) is 0 Å². The van der Waals surface area contributed by atoms with Crippen LogP contribution in [0.4, 0.5) is 0 Å². The van der Waals surface area contributed by atoms with Gasteiger partial charge in [0.15, 0.2) is 0 Å². The lowest BCUT2D eigenvalue weighted by Crippen LogP contribution is -2.25. The Bertz CT molecular complexity index is 315. The summed E-state index contributed by atoms with van der Waals surface area (Å²) >= 11 is 0. The predicted octanol–water partition coefficient (Wildman–Crippen LogP) is 1.75. The quantitative estimate of drug-likeness (QED) is 0.621. The van der Waals surface area contributed by atoms with E-state index in [9.17, 15) is 0 Å². The molecule has 1 rings (SSSR count). The Morgan fingerprint density at radius 1 is 1.06 bits per heavy atom. The van der Waals surface area contributed by atoms with Crippen molar-refractivity contribution in [2.24, 2.45) is 0 Å². The third-order valence-corrected chi connectivity index (χ3v) is 2.86. The summed E-state index contributed by atoms with van der Waals surface area (Å²) in [5, 5.41) is 6.81. The minimum atomic E-state index is 0.792. The van der Waals surface area contributed by atoms with E-state index in [0.717, 1.165) is 45.6 Å². The van der Waals surface area contributed by atoms with Gasteiger partial charge in [0.25, 0.3) is 0 Å². The molecule has 0 aliphatic rings. The molecule has 2 N–H and O–H groups in total. The van der Waals surface area contributed by atoms with Crippen LogP contribution in [0, 0.1) is 6.92 Å². The van der Waals surface area contributed by atoms with Crippen LogP contribution in [0.5, 0.6) is 0 Å². The fourth-order valence-corrected chi connectivity index (χ4v) is 1.86. The highest BCUT2D eigenvalue weighted by Crippen LogP contribution is 2.03. The lowest BCUT2D eigenvalue weighted by Gasteiger charge is -2.06. The van der Waals surface area contributed by atoms with Crippen molar-refractivity contribution in [1.82, 2.24) is 10.6 Å². The minimum Gasteiger partial charge on any atom is -0.383 e. The first-order valence-corrected chi connectivity index (χ1v) is 6.79. The molecule has 0 fully saturated rings. The Labute approximate surface area is 111 Å². The van der Waals surface area contributed by atoms with Gasteiger partial charge in [-0.2, -0.15) is 0 Å². The molecule has 0 unspecified atom stereocenters. The van der Waals surface area contributed by atoms with Gasteiger partial charge in [-0.15, -0.1) is 0 Å². The van der Waals surface area contributed by atoms with E-state index in [0.29, 0.717) is 0 Å². The van der Waals surface area contributed by atoms with Gasteiger partial charge in [0, 0.05) is 13.7 Å². The molecule has 0 spiro atoms. The first-order chi connectivity index (χ1) is 8.83. The van der Waals surface area contributed by atoms with Crippen molar-refractivity contribution >= 4 is 0 Å². The van der Waals surface area contributed by atoms with E-state index in [1.54, 1.807) is 7.11 Å². The van der Waals surface area contributed by atoms with Crippen LogP contribution >= 0.6 is 0 Å². The topological polar surface area (TPSA) is 33.3 Å². The highest BCUT2D eigenvalue weighted by atomic mass is 16.5. The smallest absolute Gasteiger partial charge is 0.0587 e. The molecule has 102 valence electrons. The van der Waals surface area contributed by atoms with Gasteiger partial charge in [-0.3, -0.25) is 0 Å². The van der Waals surface area contributed by atoms with Gasteiger partial charge in [0.05, 0.1) is 6.61 Å². The maximum absolute atomic E-state index is 4.97. The molecule has 3 nitrogen and oxygen atoms in total. The van der Waals surface area contributed by atoms with Crippen LogP contribution < -0.4 is 10.6 Å². The third-order valence-electron chi connectivity index (χ3n) is 2.86. The molecule has 1 aromatic rings. The summed E-state index contributed by atoms with van der Waals surface area (Å²) in [7, 11) is 1.73. The van der Waals surface area contributed by atoms with Crippen LogP contribution in [0.15, 0.2) is 24.3 Å². The van der Waals surface area contributed by atoms with E-state index in [1.165, 1.54) is 11.1 Å². The second-order valence-electron chi connectivity index (χ2n) is 4.59. The maximum Gasteiger partial charge on any atom is 0.0587 e. The van der Waals surface area contributed by atoms with Crippen molar-refractivity contribution in [2.45, 2.75) is 19.8 Å². The molecule has 0 amide bonds. The first-order valence-electron chi connectivity index (χ1n) is 6.79. The predicted molar refractivity (Wildman–Crippen MR) is 77.1 cm³/mol. The number of ether oxygens (including phenoxy) is 1. The molecule has 0 bridgehead atoms. The maximum atomic E-state index is 4.97. The number of rotatable bonds is 10. The second kappa shape index (κ2) is 10.1. The Morgan fingerprint density at radius 3 is 2.56 bits per heavy atom. The molecule has 3 heteroatoms. The number of hydrogen-bond donors (Lipinski definition) is 2. The molecule has 18 heavy (non-hydrogen) atoms. The largest absolute Gasteiger partial charge is 0.383 e. The highest BCUT2D eigenvalue weighted by Gasteiger charge is 1.93. The normalized spacial score (nSPS) is 10.8. The van der Waals surface area contributed by atoms with Crippen molar-refractivity contribution < 1.29 is 4.74 Å². The highest BCUT2D eigenvalue weighted by molar-refractivity contribution is 5.22. The third kappa shape index (κ3) is 7.43. The number of nitrogens with one attached hydrogen (secondary N) is 2. The van der Waals surface area contributed by atoms with Crippen LogP contribution in [0.1, 0.15) is 17.5 Å². The van der Waals surface area contributed by atoms with Crippen molar-refractivity contribution in [3.05, 3.63) is 35.4 Å². The Kier molecular flexibility index (Phi) is 8.47. The molecular formula is C15H26N2O. The van der Waals surface area contributed by atoms with Crippen LogP contribution in [-0.2, 0) is 11.2 Å². The average Bonchev–Trinajstić information content (AvgIpc) is 2.37. The molecule has 0 saturated heterocycles. The van der Waals surface area contributed by atoms with E-state index in [-0.39, 0.29) is 0 Å². The van der Waals surface area contributed by atoms with E-state index in [1.807, 2.05) is 0 Å². The Balaban J connectivity index is 1.92. The summed E-state index contributed by atoms with van der Waals surface area (Å²) in [5.74, 6) is 0. The van der Waals surface area contributed by atoms with E-state index in [4.69, 9.17) is 4.74 Å². The molecule has 0 aromatic heterocycles. The number of methoxy groups -OCH3 is 1. The van der Waals surface area contributed by atoms with Gasteiger partial charge in [-0.05, 0) is 45.0 Å². The number of benzene rings is 1. The van der Waals surface area contributed by atoms with Gasteiger partial charge < -0.3 is 15.4 Å². The van der Waals surface area contributed by atoms with E-state index in [2.05, 4.69) is 41.8 Å². The molecule has 0 radical (unpaired) electrons. The number of aryl methyl sites for hydroxylation is 1. The van der Waals surface area contributed by atoms with Gasteiger partial charge in [0.1, 0.15) is 0 Å². The summed E-state index contributed by atoms with van der Waals surface area (Å²) in [6, 6.07) is 8.72. The van der Waals surface area contributed by atoms with E-state index >= 15 is 0 Å². The first kappa shape index (κ1) is 15.2. The van der Waals surface area contributed by atoms with Crippen molar-refractivity contribution in [1.29, 1.82) is 0 Å². The molecule has 0 aliphatic heterocycles. The van der Waals surface area contributed by atoms with Crippen LogP contribution in [0.2, 0.25) is 0 Å². The average molecular weight is 250 g/mol. The monoisotopic (exact) mass is 250 g/mol. The zero-order chi connectivity index (χ0) is 13.1. The summed E-state index contributed by atoms with van der Waals surface area (Å²) in [6.45, 7) is 7.07. The van der Waals surface area contributed by atoms with E-state index < -0.39 is 0 Å². The molecule has 0 atom stereocenters. The summed E-state index contributed by atoms with van der Waals surface area (Å²) < 4.78 is 4.97. The minimum absolute atomic E-state index is 0.792. The van der Waals surface area contributed by atoms with Gasteiger partial charge >= 0.3 is 0 Å². The fourth-order valence-electron chi connectivity index (χ4n) is 1.86. The molecule has 1 aromatic carbocycles. The van der Waals surface area contributed by atoms with Crippen molar-refractivity contribution in [3.63, 3.8) is 0 Å². The zero-order valence-electron chi connectivity index (χ0n) is 11.7. The summed E-state index contributed by atoms with van der Waals surface area (Å²) in [4.78, 5) is 0. The van der Waals surface area contributed by atoms with Crippen LogP contribution in [0.3, 0.4) is 0 Å². The fraction of sp³-hybridized carbons (Fsp3) is 0.600. The standard InChI is InChI=1S/C15H26N2O/c1-14-5-3-6-15(13-14)7-10-16-8-4-9-17-11-12-18-2/h3,5-6,13,16-17H,4,7-12H2,1-2H3. The second-order valence-corrected chi connectivity index (χ2v) is 4.59. The lowest BCUT2D eigenvalue weighted by atomic mass is 10.1. The van der Waals surface area contributed by atoms with Gasteiger partial charge in [-0.1, -0.05) is 29.8 Å². The Morgan fingerprint density at radius 2 is 1.83 bits per heavy atom. The summed E-state index contributed by atoms with van der Waals surface area (Å²) in [5.41, 5.74) is 2.76. The van der Waals surface area contributed by atoms with Gasteiger partial charge in [-0.25, -0.2) is 0 Å². The molecule has 0 heterocycles. The molecular weight excluding hydrogens is 224 g/mol.